The molecule has 5 nitrogen and oxygen atoms in total. The van der Waals surface area contributed by atoms with Crippen LogP contribution in [-0.4, -0.2) is 63.0 Å². The summed E-state index contributed by atoms with van der Waals surface area (Å²) in [6, 6.07) is 8.35. The van der Waals surface area contributed by atoms with Crippen LogP contribution in [0.4, 0.5) is 0 Å². The monoisotopic (exact) mass is 519 g/mol. The first kappa shape index (κ1) is 22.1. The molecule has 0 amide bonds. The molecule has 2 unspecified atom stereocenters. The molecule has 4 rings (SSSR count). The summed E-state index contributed by atoms with van der Waals surface area (Å²) in [5.41, 5.74) is 1.57. The minimum Gasteiger partial charge on any atom is -0.375 e. The fourth-order valence-electron chi connectivity index (χ4n) is 4.54. The van der Waals surface area contributed by atoms with Crippen molar-refractivity contribution >= 4 is 41.5 Å². The minimum atomic E-state index is 0. The van der Waals surface area contributed by atoms with Gasteiger partial charge in [0.15, 0.2) is 5.96 Å². The van der Waals surface area contributed by atoms with Gasteiger partial charge in [0.05, 0.1) is 12.7 Å². The maximum atomic E-state index is 6.08. The molecule has 1 saturated carbocycles. The van der Waals surface area contributed by atoms with Gasteiger partial charge in [0.25, 0.3) is 0 Å². The highest BCUT2D eigenvalue weighted by atomic mass is 127. The van der Waals surface area contributed by atoms with Gasteiger partial charge in [0.1, 0.15) is 6.10 Å². The van der Waals surface area contributed by atoms with Gasteiger partial charge in [-0.05, 0) is 43.4 Å². The number of ether oxygens (including phenoxy) is 2. The molecule has 1 N–H and O–H groups in total. The van der Waals surface area contributed by atoms with E-state index < -0.39 is 0 Å². The van der Waals surface area contributed by atoms with Crippen LogP contribution < -0.4 is 5.32 Å². The number of nitrogens with one attached hydrogen (secondary N) is 1. The number of halogens is 2. The van der Waals surface area contributed by atoms with E-state index in [9.17, 15) is 0 Å². The highest BCUT2D eigenvalue weighted by molar-refractivity contribution is 14.0. The van der Waals surface area contributed by atoms with Gasteiger partial charge in [-0.1, -0.05) is 30.2 Å². The lowest BCUT2D eigenvalue weighted by molar-refractivity contribution is -0.0817. The van der Waals surface area contributed by atoms with Gasteiger partial charge in [-0.2, -0.15) is 0 Å². The summed E-state index contributed by atoms with van der Waals surface area (Å²) in [5.74, 6) is 0.974. The number of guanidine groups is 1. The van der Waals surface area contributed by atoms with Crippen LogP contribution in [0.3, 0.4) is 0 Å². The first-order valence-electron chi connectivity index (χ1n) is 10.2. The minimum absolute atomic E-state index is 0. The van der Waals surface area contributed by atoms with Gasteiger partial charge >= 0.3 is 0 Å². The first-order chi connectivity index (χ1) is 13.2. The van der Waals surface area contributed by atoms with Crippen LogP contribution in [0.25, 0.3) is 0 Å². The van der Waals surface area contributed by atoms with Crippen LogP contribution in [0.1, 0.15) is 37.7 Å². The molecular weight excluding hydrogens is 489 g/mol. The molecule has 0 radical (unpaired) electrons. The zero-order valence-electron chi connectivity index (χ0n) is 16.5. The van der Waals surface area contributed by atoms with Gasteiger partial charge in [0.2, 0.25) is 0 Å². The molecule has 0 spiro atoms. The zero-order chi connectivity index (χ0) is 18.7. The third-order valence-electron chi connectivity index (χ3n) is 6.34. The quantitative estimate of drug-likeness (QED) is 0.373. The number of hydrogen-bond acceptors (Lipinski definition) is 3. The van der Waals surface area contributed by atoms with Crippen molar-refractivity contribution in [3.05, 3.63) is 34.9 Å². The number of aliphatic imine (C=N–C) groups is 1. The number of morpholine rings is 1. The Bertz CT molecular complexity index is 660. The lowest BCUT2D eigenvalue weighted by atomic mass is 9.64. The van der Waals surface area contributed by atoms with Crippen molar-refractivity contribution < 1.29 is 9.47 Å². The first-order valence-corrected chi connectivity index (χ1v) is 10.5. The molecule has 2 aliphatic heterocycles. The molecule has 0 bridgehead atoms. The summed E-state index contributed by atoms with van der Waals surface area (Å²) in [4.78, 5) is 6.88. The number of benzene rings is 1. The summed E-state index contributed by atoms with van der Waals surface area (Å²) >= 11 is 6.08. The Balaban J connectivity index is 0.00000225. The molecule has 2 saturated heterocycles. The average molecular weight is 520 g/mol. The molecule has 2 heterocycles. The Hall–Kier alpha value is -0.570. The molecule has 3 aliphatic rings. The van der Waals surface area contributed by atoms with Crippen molar-refractivity contribution in [3.8, 4) is 0 Å². The lowest BCUT2D eigenvalue weighted by Gasteiger charge is -2.44. The molecular formula is C21H31ClIN3O2. The van der Waals surface area contributed by atoms with Crippen molar-refractivity contribution in [1.82, 2.24) is 10.2 Å². The molecule has 1 aromatic rings. The number of hydrogen-bond donors (Lipinski definition) is 1. The fraction of sp³-hybridized carbons (Fsp3) is 0.667. The Kier molecular flexibility index (Phi) is 7.87. The second-order valence-electron chi connectivity index (χ2n) is 7.95. The van der Waals surface area contributed by atoms with Crippen LogP contribution >= 0.6 is 35.6 Å². The van der Waals surface area contributed by atoms with E-state index in [1.54, 1.807) is 0 Å². The molecule has 1 aliphatic carbocycles. The summed E-state index contributed by atoms with van der Waals surface area (Å²) in [7, 11) is 1.87. The Morgan fingerprint density at radius 3 is 2.54 bits per heavy atom. The van der Waals surface area contributed by atoms with E-state index in [-0.39, 0.29) is 41.6 Å². The van der Waals surface area contributed by atoms with Gasteiger partial charge in [0, 0.05) is 43.7 Å². The Morgan fingerprint density at radius 1 is 1.18 bits per heavy atom. The van der Waals surface area contributed by atoms with Crippen molar-refractivity contribution in [2.24, 2.45) is 4.99 Å². The van der Waals surface area contributed by atoms with E-state index in [0.717, 1.165) is 56.7 Å². The van der Waals surface area contributed by atoms with Crippen LogP contribution in [0.5, 0.6) is 0 Å². The van der Waals surface area contributed by atoms with E-state index >= 15 is 0 Å². The number of nitrogens with zero attached hydrogens (tertiary/aromatic N) is 2. The van der Waals surface area contributed by atoms with Crippen LogP contribution in [0.2, 0.25) is 5.02 Å². The maximum Gasteiger partial charge on any atom is 0.193 e. The predicted octanol–water partition coefficient (Wildman–Crippen LogP) is 3.83. The van der Waals surface area contributed by atoms with Crippen molar-refractivity contribution in [2.45, 2.75) is 49.7 Å². The summed E-state index contributed by atoms with van der Waals surface area (Å²) in [6.07, 6.45) is 6.32. The van der Waals surface area contributed by atoms with E-state index in [1.807, 2.05) is 19.2 Å². The Morgan fingerprint density at radius 2 is 1.93 bits per heavy atom. The molecule has 0 aromatic heterocycles. The fourth-order valence-corrected chi connectivity index (χ4v) is 4.67. The standard InChI is InChI=1S/C21H30ClN3O2.HI/c1-23-20(25-11-13-27-19(14-25)18-4-2-12-26-18)24-15-21(9-3-10-21)16-5-7-17(22)8-6-16;/h5-8,18-19H,2-4,9-15H2,1H3,(H,23,24);1H. The van der Waals surface area contributed by atoms with Crippen LogP contribution in [-0.2, 0) is 14.9 Å². The summed E-state index contributed by atoms with van der Waals surface area (Å²) in [6.45, 7) is 4.22. The summed E-state index contributed by atoms with van der Waals surface area (Å²) in [5, 5.41) is 4.45. The molecule has 1 aromatic carbocycles. The smallest absolute Gasteiger partial charge is 0.193 e. The second kappa shape index (κ2) is 9.96. The van der Waals surface area contributed by atoms with Gasteiger partial charge in [-0.15, -0.1) is 24.0 Å². The van der Waals surface area contributed by atoms with Crippen LogP contribution in [0.15, 0.2) is 29.3 Å². The summed E-state index contributed by atoms with van der Waals surface area (Å²) < 4.78 is 11.8. The van der Waals surface area contributed by atoms with Crippen LogP contribution in [0, 0.1) is 0 Å². The third-order valence-corrected chi connectivity index (χ3v) is 6.59. The normalized spacial score (nSPS) is 27.1. The zero-order valence-corrected chi connectivity index (χ0v) is 19.6. The molecule has 7 heteroatoms. The van der Waals surface area contributed by atoms with Gasteiger partial charge in [-0.25, -0.2) is 0 Å². The lowest BCUT2D eigenvalue weighted by Crippen LogP contribution is -2.55. The molecule has 156 valence electrons. The molecule has 28 heavy (non-hydrogen) atoms. The molecule has 3 fully saturated rings. The van der Waals surface area contributed by atoms with Gasteiger partial charge in [-0.3, -0.25) is 4.99 Å². The van der Waals surface area contributed by atoms with E-state index in [2.05, 4.69) is 27.3 Å². The predicted molar refractivity (Wildman–Crippen MR) is 124 cm³/mol. The maximum absolute atomic E-state index is 6.08. The average Bonchev–Trinajstić information content (AvgIpc) is 3.20. The highest BCUT2D eigenvalue weighted by Gasteiger charge is 2.39. The largest absolute Gasteiger partial charge is 0.375 e. The van der Waals surface area contributed by atoms with Crippen molar-refractivity contribution in [3.63, 3.8) is 0 Å². The second-order valence-corrected chi connectivity index (χ2v) is 8.38. The van der Waals surface area contributed by atoms with Crippen molar-refractivity contribution in [1.29, 1.82) is 0 Å². The molecule has 2 atom stereocenters. The van der Waals surface area contributed by atoms with Gasteiger partial charge < -0.3 is 19.7 Å². The van der Waals surface area contributed by atoms with Crippen molar-refractivity contribution in [2.75, 3.05) is 39.9 Å². The number of rotatable bonds is 4. The SMILES string of the molecule is CN=C(NCC1(c2ccc(Cl)cc2)CCC1)N1CCOC(C2CCCO2)C1.I. The highest BCUT2D eigenvalue weighted by Crippen LogP contribution is 2.43. The third kappa shape index (κ3) is 4.77. The van der Waals surface area contributed by atoms with E-state index in [0.29, 0.717) is 0 Å². The Labute approximate surface area is 190 Å². The topological polar surface area (TPSA) is 46.1 Å². The van der Waals surface area contributed by atoms with E-state index in [1.165, 1.54) is 24.8 Å². The van der Waals surface area contributed by atoms with E-state index in [4.69, 9.17) is 21.1 Å².